The van der Waals surface area contributed by atoms with Crippen LogP contribution in [0.2, 0.25) is 0 Å². The summed E-state index contributed by atoms with van der Waals surface area (Å²) in [7, 11) is 0. The molecule has 72 valence electrons. The number of benzene rings is 1. The summed E-state index contributed by atoms with van der Waals surface area (Å²) in [5, 5.41) is 0. The van der Waals surface area contributed by atoms with Gasteiger partial charge in [0.25, 0.3) is 0 Å². The maximum absolute atomic E-state index is 5.94. The molecule has 0 spiro atoms. The minimum atomic E-state index is 0.444. The van der Waals surface area contributed by atoms with E-state index < -0.39 is 0 Å². The first-order valence-electron chi connectivity index (χ1n) is 4.65. The highest BCUT2D eigenvalue weighted by molar-refractivity contribution is 5.54. The van der Waals surface area contributed by atoms with E-state index in [1.807, 2.05) is 13.0 Å². The monoisotopic (exact) mass is 178 g/mol. The lowest BCUT2D eigenvalue weighted by Crippen LogP contribution is -2.07. The van der Waals surface area contributed by atoms with Gasteiger partial charge in [-0.2, -0.15) is 0 Å². The van der Waals surface area contributed by atoms with E-state index in [0.717, 1.165) is 5.69 Å². The van der Waals surface area contributed by atoms with Crippen LogP contribution in [-0.2, 0) is 6.54 Å². The van der Waals surface area contributed by atoms with Crippen LogP contribution in [0.25, 0.3) is 0 Å². The van der Waals surface area contributed by atoms with E-state index in [1.54, 1.807) is 0 Å². The van der Waals surface area contributed by atoms with E-state index in [9.17, 15) is 0 Å². The third-order valence-electron chi connectivity index (χ3n) is 2.24. The fourth-order valence-electron chi connectivity index (χ4n) is 1.78. The van der Waals surface area contributed by atoms with E-state index >= 15 is 0 Å². The Kier molecular flexibility index (Phi) is 2.94. The van der Waals surface area contributed by atoms with Crippen LogP contribution in [0.3, 0.4) is 0 Å². The van der Waals surface area contributed by atoms with Crippen LogP contribution < -0.4 is 11.5 Å². The van der Waals surface area contributed by atoms with E-state index in [0.29, 0.717) is 12.5 Å². The van der Waals surface area contributed by atoms with Gasteiger partial charge in [-0.3, -0.25) is 0 Å². The second-order valence-electron chi connectivity index (χ2n) is 3.79. The van der Waals surface area contributed by atoms with Crippen molar-refractivity contribution >= 4 is 5.69 Å². The smallest absolute Gasteiger partial charge is 0.0355 e. The predicted octanol–water partition coefficient (Wildman–Crippen LogP) is 2.16. The van der Waals surface area contributed by atoms with E-state index in [4.69, 9.17) is 11.5 Å². The van der Waals surface area contributed by atoms with Gasteiger partial charge in [0.15, 0.2) is 0 Å². The van der Waals surface area contributed by atoms with Gasteiger partial charge in [0.1, 0.15) is 0 Å². The molecule has 4 N–H and O–H groups in total. The Morgan fingerprint density at radius 3 is 2.38 bits per heavy atom. The van der Waals surface area contributed by atoms with Crippen LogP contribution in [0.4, 0.5) is 5.69 Å². The molecule has 1 aromatic rings. The average molecular weight is 178 g/mol. The maximum Gasteiger partial charge on any atom is 0.0355 e. The van der Waals surface area contributed by atoms with Crippen LogP contribution in [0, 0.1) is 6.92 Å². The summed E-state index contributed by atoms with van der Waals surface area (Å²) in [6, 6.07) is 4.13. The number of hydrogen-bond acceptors (Lipinski definition) is 2. The fourth-order valence-corrected chi connectivity index (χ4v) is 1.78. The lowest BCUT2D eigenvalue weighted by Gasteiger charge is -2.15. The van der Waals surface area contributed by atoms with Gasteiger partial charge in [0, 0.05) is 12.2 Å². The largest absolute Gasteiger partial charge is 0.398 e. The molecule has 2 heteroatoms. The van der Waals surface area contributed by atoms with E-state index in [2.05, 4.69) is 19.9 Å². The number of nitrogen functional groups attached to an aromatic ring is 1. The standard InChI is InChI=1S/C11H18N2/c1-7(2)11-9(6-12)4-8(3)5-10(11)13/h4-5,7H,6,12-13H2,1-3H3. The number of nitrogens with two attached hydrogens (primary N) is 2. The third-order valence-corrected chi connectivity index (χ3v) is 2.24. The molecule has 13 heavy (non-hydrogen) atoms. The quantitative estimate of drug-likeness (QED) is 0.682. The Morgan fingerprint density at radius 2 is 1.92 bits per heavy atom. The molecule has 1 aromatic carbocycles. The minimum Gasteiger partial charge on any atom is -0.398 e. The molecule has 0 aliphatic carbocycles. The SMILES string of the molecule is Cc1cc(N)c(C(C)C)c(CN)c1. The van der Waals surface area contributed by atoms with Crippen molar-refractivity contribution in [1.29, 1.82) is 0 Å². The highest BCUT2D eigenvalue weighted by Crippen LogP contribution is 2.26. The molecule has 1 rings (SSSR count). The van der Waals surface area contributed by atoms with Crippen molar-refractivity contribution in [3.63, 3.8) is 0 Å². The first-order chi connectivity index (χ1) is 6.06. The molecule has 0 aliphatic rings. The number of anilines is 1. The van der Waals surface area contributed by atoms with Crippen molar-refractivity contribution in [2.24, 2.45) is 5.73 Å². The molecule has 0 heterocycles. The molecule has 0 saturated carbocycles. The zero-order valence-corrected chi connectivity index (χ0v) is 8.59. The highest BCUT2D eigenvalue weighted by atomic mass is 14.6. The molecular weight excluding hydrogens is 160 g/mol. The lowest BCUT2D eigenvalue weighted by molar-refractivity contribution is 0.842. The molecule has 0 saturated heterocycles. The lowest BCUT2D eigenvalue weighted by atomic mass is 9.93. The minimum absolute atomic E-state index is 0.444. The van der Waals surface area contributed by atoms with E-state index in [1.165, 1.54) is 16.7 Å². The first-order valence-corrected chi connectivity index (χ1v) is 4.65. The zero-order valence-electron chi connectivity index (χ0n) is 8.59. The summed E-state index contributed by atoms with van der Waals surface area (Å²) in [5.74, 6) is 0.444. The molecule has 0 atom stereocenters. The Morgan fingerprint density at radius 1 is 1.31 bits per heavy atom. The van der Waals surface area contributed by atoms with Crippen molar-refractivity contribution in [3.05, 3.63) is 28.8 Å². The first kappa shape index (κ1) is 10.1. The fraction of sp³-hybridized carbons (Fsp3) is 0.455. The number of hydrogen-bond donors (Lipinski definition) is 2. The van der Waals surface area contributed by atoms with Gasteiger partial charge in [-0.25, -0.2) is 0 Å². The Balaban J connectivity index is 3.30. The summed E-state index contributed by atoms with van der Waals surface area (Å²) in [6.07, 6.45) is 0. The molecule has 0 radical (unpaired) electrons. The Hall–Kier alpha value is -1.02. The van der Waals surface area contributed by atoms with Crippen LogP contribution in [-0.4, -0.2) is 0 Å². The van der Waals surface area contributed by atoms with E-state index in [-0.39, 0.29) is 0 Å². The van der Waals surface area contributed by atoms with Gasteiger partial charge >= 0.3 is 0 Å². The average Bonchev–Trinajstić information content (AvgIpc) is 2.01. The number of rotatable bonds is 2. The summed E-state index contributed by atoms with van der Waals surface area (Å²) in [6.45, 7) is 6.89. The molecular formula is C11H18N2. The van der Waals surface area contributed by atoms with Crippen LogP contribution >= 0.6 is 0 Å². The van der Waals surface area contributed by atoms with Crippen molar-refractivity contribution in [1.82, 2.24) is 0 Å². The molecule has 0 aromatic heterocycles. The van der Waals surface area contributed by atoms with Gasteiger partial charge in [-0.1, -0.05) is 19.9 Å². The molecule has 0 amide bonds. The predicted molar refractivity (Wildman–Crippen MR) is 57.6 cm³/mol. The second kappa shape index (κ2) is 3.79. The third kappa shape index (κ3) is 2.01. The summed E-state index contributed by atoms with van der Waals surface area (Å²) in [4.78, 5) is 0. The summed E-state index contributed by atoms with van der Waals surface area (Å²) < 4.78 is 0. The molecule has 0 bridgehead atoms. The zero-order chi connectivity index (χ0) is 10.0. The van der Waals surface area contributed by atoms with Crippen molar-refractivity contribution in [2.45, 2.75) is 33.2 Å². The second-order valence-corrected chi connectivity index (χ2v) is 3.79. The topological polar surface area (TPSA) is 52.0 Å². The van der Waals surface area contributed by atoms with Gasteiger partial charge in [0.05, 0.1) is 0 Å². The summed E-state index contributed by atoms with van der Waals surface area (Å²) >= 11 is 0. The van der Waals surface area contributed by atoms with Crippen LogP contribution in [0.15, 0.2) is 12.1 Å². The Bertz CT molecular complexity index is 303. The Labute approximate surface area is 79.9 Å². The highest BCUT2D eigenvalue weighted by Gasteiger charge is 2.09. The van der Waals surface area contributed by atoms with Gasteiger partial charge in [0.2, 0.25) is 0 Å². The van der Waals surface area contributed by atoms with Crippen molar-refractivity contribution in [2.75, 3.05) is 5.73 Å². The van der Waals surface area contributed by atoms with Gasteiger partial charge in [-0.05, 0) is 35.6 Å². The maximum atomic E-state index is 5.94. The van der Waals surface area contributed by atoms with Crippen molar-refractivity contribution < 1.29 is 0 Å². The van der Waals surface area contributed by atoms with Gasteiger partial charge < -0.3 is 11.5 Å². The number of aryl methyl sites for hydroxylation is 1. The van der Waals surface area contributed by atoms with Crippen LogP contribution in [0.5, 0.6) is 0 Å². The van der Waals surface area contributed by atoms with Crippen molar-refractivity contribution in [3.8, 4) is 0 Å². The molecule has 0 unspecified atom stereocenters. The normalized spacial score (nSPS) is 10.8. The van der Waals surface area contributed by atoms with Gasteiger partial charge in [-0.15, -0.1) is 0 Å². The molecule has 0 fully saturated rings. The van der Waals surface area contributed by atoms with Crippen LogP contribution in [0.1, 0.15) is 36.5 Å². The summed E-state index contributed by atoms with van der Waals surface area (Å²) in [5.41, 5.74) is 16.0. The molecule has 0 aliphatic heterocycles. The molecule has 2 nitrogen and oxygen atoms in total.